The van der Waals surface area contributed by atoms with Crippen molar-refractivity contribution in [3.05, 3.63) is 34.9 Å². The van der Waals surface area contributed by atoms with Crippen molar-refractivity contribution in [2.45, 2.75) is 59.0 Å². The summed E-state index contributed by atoms with van der Waals surface area (Å²) >= 11 is 0. The molecule has 1 unspecified atom stereocenters. The number of aliphatic hydroxyl groups is 1. The number of rotatable bonds is 7. The first-order valence-electron chi connectivity index (χ1n) is 9.61. The quantitative estimate of drug-likeness (QED) is 0.816. The van der Waals surface area contributed by atoms with Crippen LogP contribution in [0, 0.1) is 6.92 Å². The molecule has 2 aromatic heterocycles. The third kappa shape index (κ3) is 4.34. The second kappa shape index (κ2) is 8.33. The summed E-state index contributed by atoms with van der Waals surface area (Å²) in [5, 5.41) is 19.5. The minimum Gasteiger partial charge on any atom is -0.385 e. The molecule has 1 atom stereocenters. The Hall–Kier alpha value is -1.70. The van der Waals surface area contributed by atoms with Crippen molar-refractivity contribution in [1.82, 2.24) is 29.4 Å². The van der Waals surface area contributed by atoms with Crippen molar-refractivity contribution in [3.8, 4) is 0 Å². The maximum Gasteiger partial charge on any atom is 0.110 e. The minimum atomic E-state index is -0.535. The number of fused-ring (bicyclic) bond motifs is 1. The summed E-state index contributed by atoms with van der Waals surface area (Å²) in [6, 6.07) is 2.07. The smallest absolute Gasteiger partial charge is 0.110 e. The topological polar surface area (TPSA) is 62.4 Å². The molecule has 1 N–H and O–H groups in total. The Kier molecular flexibility index (Phi) is 6.11. The van der Waals surface area contributed by atoms with Crippen molar-refractivity contribution in [2.24, 2.45) is 0 Å². The highest BCUT2D eigenvalue weighted by atomic mass is 16.3. The zero-order chi connectivity index (χ0) is 18.7. The Bertz CT molecular complexity index is 720. The van der Waals surface area contributed by atoms with Gasteiger partial charge in [-0.1, -0.05) is 6.92 Å². The maximum absolute atomic E-state index is 10.4. The van der Waals surface area contributed by atoms with Gasteiger partial charge in [-0.15, -0.1) is 0 Å². The van der Waals surface area contributed by atoms with Gasteiger partial charge >= 0.3 is 0 Å². The molecule has 1 aliphatic heterocycles. The molecule has 2 aromatic rings. The Morgan fingerprint density at radius 2 is 2.12 bits per heavy atom. The van der Waals surface area contributed by atoms with Crippen molar-refractivity contribution in [2.75, 3.05) is 27.2 Å². The van der Waals surface area contributed by atoms with Gasteiger partial charge in [-0.2, -0.15) is 10.2 Å². The van der Waals surface area contributed by atoms with Gasteiger partial charge in [0.15, 0.2) is 0 Å². The van der Waals surface area contributed by atoms with Crippen LogP contribution in [0.15, 0.2) is 12.3 Å². The van der Waals surface area contributed by atoms with Crippen LogP contribution in [0.3, 0.4) is 0 Å². The molecule has 0 radical (unpaired) electrons. The Balaban J connectivity index is 1.70. The van der Waals surface area contributed by atoms with E-state index in [1.54, 1.807) is 0 Å². The van der Waals surface area contributed by atoms with E-state index in [1.807, 2.05) is 25.2 Å². The minimum absolute atomic E-state index is 0.535. The summed E-state index contributed by atoms with van der Waals surface area (Å²) in [5.41, 5.74) is 4.54. The zero-order valence-corrected chi connectivity index (χ0v) is 16.5. The van der Waals surface area contributed by atoms with Crippen LogP contribution >= 0.6 is 0 Å². The average Bonchev–Trinajstić information content (AvgIpc) is 3.07. The molecule has 0 saturated heterocycles. The highest BCUT2D eigenvalue weighted by Crippen LogP contribution is 2.20. The number of hydrogen-bond acceptors (Lipinski definition) is 5. The first-order valence-corrected chi connectivity index (χ1v) is 9.61. The van der Waals surface area contributed by atoms with Gasteiger partial charge in [0, 0.05) is 50.5 Å². The third-order valence-corrected chi connectivity index (χ3v) is 5.03. The lowest BCUT2D eigenvalue weighted by Crippen LogP contribution is -2.23. The number of likely N-dealkylation sites (N-methyl/N-ethyl adjacent to an activating group) is 1. The number of hydrogen-bond donors (Lipinski definition) is 1. The van der Waals surface area contributed by atoms with Crippen LogP contribution in [0.2, 0.25) is 0 Å². The molecule has 7 heteroatoms. The fourth-order valence-electron chi connectivity index (χ4n) is 3.61. The standard InChI is InChI=1S/C19H32N6O/c1-5-7-24-15(2)16(11-20-24)12-23-8-6-9-25-17(13-23)10-18(21-25)19(26)14-22(3)4/h10-11,19,26H,5-9,12-14H2,1-4H3. The van der Waals surface area contributed by atoms with Crippen molar-refractivity contribution in [1.29, 1.82) is 0 Å². The summed E-state index contributed by atoms with van der Waals surface area (Å²) in [6.45, 7) is 9.65. The van der Waals surface area contributed by atoms with Crippen LogP contribution in [0.5, 0.6) is 0 Å². The SMILES string of the molecule is CCCn1ncc(CN2CCCn3nc(C(O)CN(C)C)cc3C2)c1C. The summed E-state index contributed by atoms with van der Waals surface area (Å²) in [6.07, 6.45) is 3.65. The predicted octanol–water partition coefficient (Wildman–Crippen LogP) is 1.80. The largest absolute Gasteiger partial charge is 0.385 e. The zero-order valence-electron chi connectivity index (χ0n) is 16.5. The van der Waals surface area contributed by atoms with Crippen LogP contribution < -0.4 is 0 Å². The molecule has 0 amide bonds. The van der Waals surface area contributed by atoms with E-state index in [0.29, 0.717) is 6.54 Å². The van der Waals surface area contributed by atoms with Gasteiger partial charge in [-0.05, 0) is 39.9 Å². The monoisotopic (exact) mass is 360 g/mol. The molecule has 0 saturated carbocycles. The molecule has 0 fully saturated rings. The Morgan fingerprint density at radius 1 is 1.31 bits per heavy atom. The second-order valence-corrected chi connectivity index (χ2v) is 7.60. The average molecular weight is 361 g/mol. The summed E-state index contributed by atoms with van der Waals surface area (Å²) in [4.78, 5) is 4.45. The molecule has 3 heterocycles. The van der Waals surface area contributed by atoms with Crippen molar-refractivity contribution >= 4 is 0 Å². The van der Waals surface area contributed by atoms with E-state index in [1.165, 1.54) is 17.0 Å². The second-order valence-electron chi connectivity index (χ2n) is 7.60. The normalized spacial score (nSPS) is 16.7. The molecule has 0 spiro atoms. The predicted molar refractivity (Wildman–Crippen MR) is 102 cm³/mol. The van der Waals surface area contributed by atoms with Gasteiger partial charge in [0.2, 0.25) is 0 Å². The molecular weight excluding hydrogens is 328 g/mol. The van der Waals surface area contributed by atoms with Crippen LogP contribution in [-0.4, -0.2) is 61.7 Å². The molecule has 7 nitrogen and oxygen atoms in total. The highest BCUT2D eigenvalue weighted by molar-refractivity contribution is 5.18. The molecule has 0 aliphatic carbocycles. The third-order valence-electron chi connectivity index (χ3n) is 5.03. The number of nitrogens with zero attached hydrogens (tertiary/aromatic N) is 6. The van der Waals surface area contributed by atoms with E-state index in [4.69, 9.17) is 0 Å². The molecule has 0 aromatic carbocycles. The lowest BCUT2D eigenvalue weighted by atomic mass is 10.2. The van der Waals surface area contributed by atoms with E-state index >= 15 is 0 Å². The maximum atomic E-state index is 10.4. The number of aryl methyl sites for hydroxylation is 2. The van der Waals surface area contributed by atoms with Crippen LogP contribution in [0.1, 0.15) is 48.5 Å². The van der Waals surface area contributed by atoms with Gasteiger partial charge in [0.05, 0.1) is 17.6 Å². The van der Waals surface area contributed by atoms with E-state index < -0.39 is 6.10 Å². The summed E-state index contributed by atoms with van der Waals surface area (Å²) in [5.74, 6) is 0. The molecule has 144 valence electrons. The molecule has 0 bridgehead atoms. The number of aromatic nitrogens is 4. The van der Waals surface area contributed by atoms with Crippen LogP contribution in [0.25, 0.3) is 0 Å². The Morgan fingerprint density at radius 3 is 2.85 bits per heavy atom. The summed E-state index contributed by atoms with van der Waals surface area (Å²) < 4.78 is 4.18. The van der Waals surface area contributed by atoms with E-state index in [-0.39, 0.29) is 0 Å². The lowest BCUT2D eigenvalue weighted by Gasteiger charge is -2.19. The summed E-state index contributed by atoms with van der Waals surface area (Å²) in [7, 11) is 3.93. The Labute approximate surface area is 156 Å². The molecule has 26 heavy (non-hydrogen) atoms. The molecular formula is C19H32N6O. The lowest BCUT2D eigenvalue weighted by molar-refractivity contribution is 0.133. The van der Waals surface area contributed by atoms with Gasteiger partial charge in [0.1, 0.15) is 6.10 Å². The number of aliphatic hydroxyl groups excluding tert-OH is 1. The van der Waals surface area contributed by atoms with Gasteiger partial charge in [0.25, 0.3) is 0 Å². The fraction of sp³-hybridized carbons (Fsp3) is 0.684. The molecule has 3 rings (SSSR count). The highest BCUT2D eigenvalue weighted by Gasteiger charge is 2.21. The van der Waals surface area contributed by atoms with E-state index in [9.17, 15) is 5.11 Å². The van der Waals surface area contributed by atoms with E-state index in [0.717, 1.165) is 51.3 Å². The van der Waals surface area contributed by atoms with Crippen LogP contribution in [0.4, 0.5) is 0 Å². The molecule has 1 aliphatic rings. The van der Waals surface area contributed by atoms with Crippen LogP contribution in [-0.2, 0) is 26.2 Å². The van der Waals surface area contributed by atoms with Crippen molar-refractivity contribution < 1.29 is 5.11 Å². The van der Waals surface area contributed by atoms with Crippen molar-refractivity contribution in [3.63, 3.8) is 0 Å². The van der Waals surface area contributed by atoms with Gasteiger partial charge in [-0.3, -0.25) is 14.3 Å². The van der Waals surface area contributed by atoms with Gasteiger partial charge in [-0.25, -0.2) is 0 Å². The van der Waals surface area contributed by atoms with Gasteiger partial charge < -0.3 is 10.0 Å². The van der Waals surface area contributed by atoms with E-state index in [2.05, 4.69) is 44.4 Å². The first-order chi connectivity index (χ1) is 12.5. The fourth-order valence-corrected chi connectivity index (χ4v) is 3.61. The first kappa shape index (κ1) is 19.1.